The zero-order valence-corrected chi connectivity index (χ0v) is 23.6. The third-order valence-electron chi connectivity index (χ3n) is 6.64. The first-order valence-corrected chi connectivity index (χ1v) is 14.1. The second kappa shape index (κ2) is 14.5. The highest BCUT2D eigenvalue weighted by molar-refractivity contribution is 5.89. The lowest BCUT2D eigenvalue weighted by atomic mass is 10.1. The molecule has 4 aromatic carbocycles. The number of rotatable bonds is 13. The Bertz CT molecular complexity index is 1580. The van der Waals surface area contributed by atoms with Gasteiger partial charge in [-0.2, -0.15) is 10.2 Å². The number of hydrazone groups is 1. The van der Waals surface area contributed by atoms with Crippen LogP contribution in [0, 0.1) is 0 Å². The van der Waals surface area contributed by atoms with Crippen molar-refractivity contribution in [1.82, 2.24) is 15.2 Å². The van der Waals surface area contributed by atoms with Crippen molar-refractivity contribution in [3.8, 4) is 28.4 Å². The van der Waals surface area contributed by atoms with Crippen molar-refractivity contribution in [1.29, 1.82) is 0 Å². The fourth-order valence-electron chi connectivity index (χ4n) is 4.36. The van der Waals surface area contributed by atoms with Gasteiger partial charge < -0.3 is 9.47 Å². The first-order valence-electron chi connectivity index (χ1n) is 14.1. The van der Waals surface area contributed by atoms with Crippen LogP contribution in [0.4, 0.5) is 0 Å². The number of amides is 1. The van der Waals surface area contributed by atoms with Crippen molar-refractivity contribution in [2.45, 2.75) is 32.8 Å². The summed E-state index contributed by atoms with van der Waals surface area (Å²) in [7, 11) is 0. The SMILES string of the molecule is CCCCc1ccc(OCC(=O)N/N=C/c2cn(-c3ccccc3)nc2-c2ccc(OCc3ccccc3)cc2)cc1. The molecule has 7 heteroatoms. The van der Waals surface area contributed by atoms with Gasteiger partial charge in [-0.1, -0.05) is 74.0 Å². The van der Waals surface area contributed by atoms with Gasteiger partial charge in [0.2, 0.25) is 0 Å². The van der Waals surface area contributed by atoms with Gasteiger partial charge in [-0.15, -0.1) is 0 Å². The maximum Gasteiger partial charge on any atom is 0.277 e. The van der Waals surface area contributed by atoms with E-state index in [9.17, 15) is 4.79 Å². The van der Waals surface area contributed by atoms with Crippen molar-refractivity contribution >= 4 is 12.1 Å². The van der Waals surface area contributed by atoms with Gasteiger partial charge in [-0.25, -0.2) is 10.1 Å². The van der Waals surface area contributed by atoms with Gasteiger partial charge in [0.1, 0.15) is 23.8 Å². The third kappa shape index (κ3) is 7.95. The van der Waals surface area contributed by atoms with E-state index in [1.807, 2.05) is 115 Å². The van der Waals surface area contributed by atoms with Crippen LogP contribution in [0.25, 0.3) is 16.9 Å². The lowest BCUT2D eigenvalue weighted by Gasteiger charge is -2.07. The predicted molar refractivity (Wildman–Crippen MR) is 166 cm³/mol. The summed E-state index contributed by atoms with van der Waals surface area (Å²) in [6.07, 6.45) is 6.84. The highest BCUT2D eigenvalue weighted by Crippen LogP contribution is 2.25. The minimum atomic E-state index is -0.349. The number of hydrogen-bond donors (Lipinski definition) is 1. The van der Waals surface area contributed by atoms with E-state index in [-0.39, 0.29) is 12.5 Å². The molecule has 1 aromatic heterocycles. The molecule has 0 unspecified atom stereocenters. The van der Waals surface area contributed by atoms with Gasteiger partial charge in [0.25, 0.3) is 5.91 Å². The lowest BCUT2D eigenvalue weighted by Crippen LogP contribution is -2.24. The second-order valence-corrected chi connectivity index (χ2v) is 9.84. The molecule has 0 aliphatic heterocycles. The van der Waals surface area contributed by atoms with Crippen molar-refractivity contribution in [3.05, 3.63) is 132 Å². The van der Waals surface area contributed by atoms with E-state index < -0.39 is 0 Å². The number of aromatic nitrogens is 2. The van der Waals surface area contributed by atoms with Crippen LogP contribution in [0.5, 0.6) is 11.5 Å². The number of benzene rings is 4. The van der Waals surface area contributed by atoms with Crippen molar-refractivity contribution < 1.29 is 14.3 Å². The Hall–Kier alpha value is -5.17. The number of para-hydroxylation sites is 1. The lowest BCUT2D eigenvalue weighted by molar-refractivity contribution is -0.123. The van der Waals surface area contributed by atoms with Crippen LogP contribution >= 0.6 is 0 Å². The topological polar surface area (TPSA) is 77.7 Å². The molecule has 5 aromatic rings. The Labute approximate surface area is 246 Å². The molecule has 0 spiro atoms. The molecule has 7 nitrogen and oxygen atoms in total. The van der Waals surface area contributed by atoms with E-state index >= 15 is 0 Å². The Morgan fingerprint density at radius 1 is 0.833 bits per heavy atom. The highest BCUT2D eigenvalue weighted by Gasteiger charge is 2.12. The molecule has 0 aliphatic carbocycles. The van der Waals surface area contributed by atoms with Crippen LogP contribution in [0.3, 0.4) is 0 Å². The molecular weight excluding hydrogens is 524 g/mol. The molecule has 5 rings (SSSR count). The van der Waals surface area contributed by atoms with Crippen molar-refractivity contribution in [3.63, 3.8) is 0 Å². The summed E-state index contributed by atoms with van der Waals surface area (Å²) in [5.41, 5.74) is 8.22. The zero-order chi connectivity index (χ0) is 29.0. The Balaban J connectivity index is 1.24. The molecule has 0 aliphatic rings. The second-order valence-electron chi connectivity index (χ2n) is 9.84. The van der Waals surface area contributed by atoms with Gasteiger partial charge in [-0.05, 0) is 72.5 Å². The quantitative estimate of drug-likeness (QED) is 0.125. The fourth-order valence-corrected chi connectivity index (χ4v) is 4.36. The van der Waals surface area contributed by atoms with Crippen LogP contribution in [-0.4, -0.2) is 28.5 Å². The molecule has 0 atom stereocenters. The van der Waals surface area contributed by atoms with Crippen LogP contribution in [0.2, 0.25) is 0 Å². The molecule has 0 bridgehead atoms. The summed E-state index contributed by atoms with van der Waals surface area (Å²) in [4.78, 5) is 12.4. The van der Waals surface area contributed by atoms with Gasteiger partial charge >= 0.3 is 0 Å². The number of unbranched alkanes of at least 4 members (excludes halogenated alkanes) is 1. The van der Waals surface area contributed by atoms with Crippen LogP contribution in [0.1, 0.15) is 36.5 Å². The van der Waals surface area contributed by atoms with Crippen molar-refractivity contribution in [2.24, 2.45) is 5.10 Å². The van der Waals surface area contributed by atoms with Gasteiger partial charge in [-0.3, -0.25) is 4.79 Å². The summed E-state index contributed by atoms with van der Waals surface area (Å²) < 4.78 is 13.4. The molecule has 212 valence electrons. The minimum Gasteiger partial charge on any atom is -0.489 e. The first-order chi connectivity index (χ1) is 20.7. The molecule has 0 saturated heterocycles. The number of hydrogen-bond acceptors (Lipinski definition) is 5. The molecule has 0 saturated carbocycles. The molecule has 0 fully saturated rings. The van der Waals surface area contributed by atoms with Gasteiger partial charge in [0.05, 0.1) is 11.9 Å². The van der Waals surface area contributed by atoms with Gasteiger partial charge in [0, 0.05) is 17.3 Å². The largest absolute Gasteiger partial charge is 0.489 e. The highest BCUT2D eigenvalue weighted by atomic mass is 16.5. The predicted octanol–water partition coefficient (Wildman–Crippen LogP) is 6.99. The third-order valence-corrected chi connectivity index (χ3v) is 6.64. The summed E-state index contributed by atoms with van der Waals surface area (Å²) in [6, 6.07) is 35.5. The van der Waals surface area contributed by atoms with Crippen LogP contribution in [0.15, 0.2) is 120 Å². The number of ether oxygens (including phenoxy) is 2. The van der Waals surface area contributed by atoms with Crippen LogP contribution < -0.4 is 14.9 Å². The number of aryl methyl sites for hydroxylation is 1. The smallest absolute Gasteiger partial charge is 0.277 e. The van der Waals surface area contributed by atoms with Crippen molar-refractivity contribution in [2.75, 3.05) is 6.61 Å². The Morgan fingerprint density at radius 3 is 2.21 bits per heavy atom. The molecular formula is C35H34N4O3. The van der Waals surface area contributed by atoms with E-state index in [0.29, 0.717) is 12.4 Å². The Morgan fingerprint density at radius 2 is 1.50 bits per heavy atom. The van der Waals surface area contributed by atoms with Gasteiger partial charge in [0.15, 0.2) is 6.61 Å². The zero-order valence-electron chi connectivity index (χ0n) is 23.6. The summed E-state index contributed by atoms with van der Waals surface area (Å²) in [5, 5.41) is 9.01. The number of carbonyl (C=O) groups is 1. The molecule has 0 radical (unpaired) electrons. The normalized spacial score (nSPS) is 11.0. The fraction of sp³-hybridized carbons (Fsp3) is 0.171. The number of nitrogens with one attached hydrogen (secondary N) is 1. The van der Waals surface area contributed by atoms with E-state index in [1.165, 1.54) is 5.56 Å². The van der Waals surface area contributed by atoms with E-state index in [4.69, 9.17) is 14.6 Å². The summed E-state index contributed by atoms with van der Waals surface area (Å²) in [5.74, 6) is 1.07. The summed E-state index contributed by atoms with van der Waals surface area (Å²) in [6.45, 7) is 2.54. The average molecular weight is 559 g/mol. The maximum absolute atomic E-state index is 12.4. The first kappa shape index (κ1) is 28.4. The van der Waals surface area contributed by atoms with E-state index in [2.05, 4.69) is 17.5 Å². The number of carbonyl (C=O) groups excluding carboxylic acids is 1. The summed E-state index contributed by atoms with van der Waals surface area (Å²) >= 11 is 0. The van der Waals surface area contributed by atoms with E-state index in [0.717, 1.165) is 53.1 Å². The number of nitrogens with zero attached hydrogens (tertiary/aromatic N) is 3. The minimum absolute atomic E-state index is 0.133. The van der Waals surface area contributed by atoms with E-state index in [1.54, 1.807) is 10.9 Å². The molecule has 1 amide bonds. The molecule has 1 N–H and O–H groups in total. The average Bonchev–Trinajstić information content (AvgIpc) is 3.47. The molecule has 1 heterocycles. The standard InChI is InChI=1S/C35H34N4O3/c1-2-3-10-27-15-19-32(20-16-27)42-26-34(40)37-36-23-30-24-39(31-13-8-5-9-14-31)38-35(30)29-17-21-33(22-18-29)41-25-28-11-6-4-7-12-28/h4-9,11-24H,2-3,10,25-26H2,1H3,(H,37,40)/b36-23+. The Kier molecular flexibility index (Phi) is 9.76. The van der Waals surface area contributed by atoms with Crippen LogP contribution in [-0.2, 0) is 17.8 Å². The maximum atomic E-state index is 12.4. The molecule has 42 heavy (non-hydrogen) atoms. The monoisotopic (exact) mass is 558 g/mol.